The Balaban J connectivity index is 1.40. The Bertz CT molecular complexity index is 1250. The molecule has 2 aromatic heterocycles. The number of fused-ring (bicyclic) bond motifs is 1. The zero-order chi connectivity index (χ0) is 21.1. The highest BCUT2D eigenvalue weighted by atomic mass is 79.9. The molecule has 4 aromatic rings. The SMILES string of the molecule is Cc1nc(-c2cccc(Br)c2)ccc1C(=O)NNC(=O)Cc1c[nH]c2ccccc12. The third-order valence-electron chi connectivity index (χ3n) is 4.79. The molecule has 0 aliphatic carbocycles. The number of nitrogens with zero attached hydrogens (tertiary/aromatic N) is 1. The fraction of sp³-hybridized carbons (Fsp3) is 0.0870. The highest BCUT2D eigenvalue weighted by molar-refractivity contribution is 9.10. The average Bonchev–Trinajstić information content (AvgIpc) is 3.15. The van der Waals surface area contributed by atoms with Crippen molar-refractivity contribution in [2.45, 2.75) is 13.3 Å². The van der Waals surface area contributed by atoms with Crippen LogP contribution in [0.15, 0.2) is 71.3 Å². The van der Waals surface area contributed by atoms with Crippen molar-refractivity contribution in [1.29, 1.82) is 0 Å². The van der Waals surface area contributed by atoms with Gasteiger partial charge in [0.2, 0.25) is 5.91 Å². The summed E-state index contributed by atoms with van der Waals surface area (Å²) in [5, 5.41) is 0.988. The molecule has 0 atom stereocenters. The molecule has 0 fully saturated rings. The van der Waals surface area contributed by atoms with Crippen LogP contribution in [0.2, 0.25) is 0 Å². The van der Waals surface area contributed by atoms with Crippen molar-refractivity contribution in [3.05, 3.63) is 88.2 Å². The molecule has 7 heteroatoms. The average molecular weight is 463 g/mol. The molecule has 0 unspecified atom stereocenters. The molecule has 0 spiro atoms. The van der Waals surface area contributed by atoms with Crippen molar-refractivity contribution in [2.24, 2.45) is 0 Å². The van der Waals surface area contributed by atoms with Gasteiger partial charge < -0.3 is 4.98 Å². The number of hydrogen-bond donors (Lipinski definition) is 3. The third kappa shape index (κ3) is 4.26. The summed E-state index contributed by atoms with van der Waals surface area (Å²) in [6.45, 7) is 1.77. The Morgan fingerprint density at radius 3 is 2.67 bits per heavy atom. The number of aromatic nitrogens is 2. The van der Waals surface area contributed by atoms with Gasteiger partial charge in [-0.05, 0) is 42.8 Å². The van der Waals surface area contributed by atoms with E-state index in [-0.39, 0.29) is 12.3 Å². The number of hydrogen-bond acceptors (Lipinski definition) is 3. The molecule has 2 heterocycles. The number of para-hydroxylation sites is 1. The number of carbonyl (C=O) groups is 2. The number of rotatable bonds is 4. The third-order valence-corrected chi connectivity index (χ3v) is 5.29. The van der Waals surface area contributed by atoms with E-state index in [1.807, 2.05) is 48.5 Å². The van der Waals surface area contributed by atoms with Gasteiger partial charge in [-0.3, -0.25) is 25.4 Å². The van der Waals surface area contributed by atoms with Crippen LogP contribution in [0.1, 0.15) is 21.6 Å². The number of aromatic amines is 1. The minimum Gasteiger partial charge on any atom is -0.361 e. The second-order valence-electron chi connectivity index (χ2n) is 6.88. The molecule has 3 N–H and O–H groups in total. The van der Waals surface area contributed by atoms with Crippen molar-refractivity contribution in [3.63, 3.8) is 0 Å². The van der Waals surface area contributed by atoms with Crippen LogP contribution in [0.5, 0.6) is 0 Å². The Labute approximate surface area is 181 Å². The van der Waals surface area contributed by atoms with Crippen LogP contribution >= 0.6 is 15.9 Å². The molecule has 0 saturated carbocycles. The Kier molecular flexibility index (Phi) is 5.63. The van der Waals surface area contributed by atoms with Gasteiger partial charge in [0.1, 0.15) is 0 Å². The molecule has 0 aliphatic heterocycles. The summed E-state index contributed by atoms with van der Waals surface area (Å²) in [5.74, 6) is -0.711. The number of benzene rings is 2. The van der Waals surface area contributed by atoms with Gasteiger partial charge in [0.05, 0.1) is 23.4 Å². The molecule has 0 saturated heterocycles. The lowest BCUT2D eigenvalue weighted by Gasteiger charge is -2.10. The second kappa shape index (κ2) is 8.51. The van der Waals surface area contributed by atoms with Gasteiger partial charge in [0, 0.05) is 27.1 Å². The lowest BCUT2D eigenvalue weighted by Crippen LogP contribution is -2.42. The number of H-pyrrole nitrogens is 1. The predicted octanol–water partition coefficient (Wildman–Crippen LogP) is 4.30. The maximum Gasteiger partial charge on any atom is 0.271 e. The van der Waals surface area contributed by atoms with Crippen LogP contribution in [0.4, 0.5) is 0 Å². The molecule has 0 bridgehead atoms. The number of hydrazine groups is 1. The first-order chi connectivity index (χ1) is 14.5. The molecule has 150 valence electrons. The number of carbonyl (C=O) groups excluding carboxylic acids is 2. The molecule has 2 aromatic carbocycles. The normalized spacial score (nSPS) is 10.7. The summed E-state index contributed by atoms with van der Waals surface area (Å²) in [6.07, 6.45) is 1.96. The maximum absolute atomic E-state index is 12.5. The van der Waals surface area contributed by atoms with Crippen molar-refractivity contribution >= 4 is 38.6 Å². The number of pyridine rings is 1. The van der Waals surface area contributed by atoms with Crippen molar-refractivity contribution < 1.29 is 9.59 Å². The predicted molar refractivity (Wildman–Crippen MR) is 120 cm³/mol. The van der Waals surface area contributed by atoms with Crippen LogP contribution in [-0.2, 0) is 11.2 Å². The fourth-order valence-electron chi connectivity index (χ4n) is 3.30. The standard InChI is InChI=1S/C23H19BrN4O2/c1-14-18(9-10-20(26-14)15-5-4-6-17(24)11-15)23(30)28-27-22(29)12-16-13-25-21-8-3-2-7-19(16)21/h2-11,13,25H,12H2,1H3,(H,27,29)(H,28,30). The zero-order valence-electron chi connectivity index (χ0n) is 16.2. The summed E-state index contributed by atoms with van der Waals surface area (Å²) in [4.78, 5) is 32.5. The van der Waals surface area contributed by atoms with E-state index in [0.29, 0.717) is 11.3 Å². The molecule has 2 amide bonds. The highest BCUT2D eigenvalue weighted by Gasteiger charge is 2.14. The van der Waals surface area contributed by atoms with Gasteiger partial charge in [-0.2, -0.15) is 0 Å². The summed E-state index contributed by atoms with van der Waals surface area (Å²) in [5.41, 5.74) is 9.49. The van der Waals surface area contributed by atoms with Gasteiger partial charge in [-0.1, -0.05) is 46.3 Å². The van der Waals surface area contributed by atoms with Crippen LogP contribution in [-0.4, -0.2) is 21.8 Å². The smallest absolute Gasteiger partial charge is 0.271 e. The molecule has 6 nitrogen and oxygen atoms in total. The minimum absolute atomic E-state index is 0.156. The van der Waals surface area contributed by atoms with Crippen LogP contribution in [0.3, 0.4) is 0 Å². The van der Waals surface area contributed by atoms with E-state index in [1.54, 1.807) is 25.3 Å². The quantitative estimate of drug-likeness (QED) is 0.395. The van der Waals surface area contributed by atoms with E-state index < -0.39 is 5.91 Å². The number of aryl methyl sites for hydroxylation is 1. The molecular weight excluding hydrogens is 444 g/mol. The Morgan fingerprint density at radius 2 is 1.87 bits per heavy atom. The van der Waals surface area contributed by atoms with Crippen LogP contribution in [0, 0.1) is 6.92 Å². The van der Waals surface area contributed by atoms with Gasteiger partial charge in [0.15, 0.2) is 0 Å². The first-order valence-corrected chi connectivity index (χ1v) is 10.2. The van der Waals surface area contributed by atoms with Crippen molar-refractivity contribution in [3.8, 4) is 11.3 Å². The van der Waals surface area contributed by atoms with E-state index in [0.717, 1.165) is 32.2 Å². The Morgan fingerprint density at radius 1 is 1.03 bits per heavy atom. The first kappa shape index (κ1) is 19.8. The van der Waals surface area contributed by atoms with Gasteiger partial charge in [-0.15, -0.1) is 0 Å². The number of amides is 2. The van der Waals surface area contributed by atoms with Crippen LogP contribution < -0.4 is 10.9 Å². The van der Waals surface area contributed by atoms with E-state index in [2.05, 4.69) is 36.7 Å². The van der Waals surface area contributed by atoms with E-state index in [9.17, 15) is 9.59 Å². The molecule has 30 heavy (non-hydrogen) atoms. The first-order valence-electron chi connectivity index (χ1n) is 9.39. The van der Waals surface area contributed by atoms with Gasteiger partial charge in [0.25, 0.3) is 5.91 Å². The molecular formula is C23H19BrN4O2. The van der Waals surface area contributed by atoms with Gasteiger partial charge in [-0.25, -0.2) is 0 Å². The molecule has 0 aliphatic rings. The topological polar surface area (TPSA) is 86.9 Å². The highest BCUT2D eigenvalue weighted by Crippen LogP contribution is 2.22. The summed E-state index contributed by atoms with van der Waals surface area (Å²) >= 11 is 3.45. The largest absolute Gasteiger partial charge is 0.361 e. The van der Waals surface area contributed by atoms with Crippen LogP contribution in [0.25, 0.3) is 22.2 Å². The molecule has 0 radical (unpaired) electrons. The van der Waals surface area contributed by atoms with E-state index in [1.165, 1.54) is 0 Å². The van der Waals surface area contributed by atoms with Crippen molar-refractivity contribution in [2.75, 3.05) is 0 Å². The Hall–Kier alpha value is -3.45. The van der Waals surface area contributed by atoms with E-state index >= 15 is 0 Å². The summed E-state index contributed by atoms with van der Waals surface area (Å²) < 4.78 is 0.958. The zero-order valence-corrected chi connectivity index (χ0v) is 17.8. The summed E-state index contributed by atoms with van der Waals surface area (Å²) in [7, 11) is 0. The van der Waals surface area contributed by atoms with E-state index in [4.69, 9.17) is 0 Å². The fourth-order valence-corrected chi connectivity index (χ4v) is 3.70. The van der Waals surface area contributed by atoms with Crippen molar-refractivity contribution in [1.82, 2.24) is 20.8 Å². The monoisotopic (exact) mass is 462 g/mol. The lowest BCUT2D eigenvalue weighted by atomic mass is 10.1. The lowest BCUT2D eigenvalue weighted by molar-refractivity contribution is -0.121. The maximum atomic E-state index is 12.5. The second-order valence-corrected chi connectivity index (χ2v) is 7.79. The summed E-state index contributed by atoms with van der Waals surface area (Å²) in [6, 6.07) is 19.0. The number of halogens is 1. The van der Waals surface area contributed by atoms with Gasteiger partial charge >= 0.3 is 0 Å². The molecule has 4 rings (SSSR count). The minimum atomic E-state index is -0.409. The number of nitrogens with one attached hydrogen (secondary N) is 3.